The standard InChI is InChI=1S/C21H26N2O4/c1-3-23(4-2)21(25)15-27-20-14-26-18(11-19(20)24)13-22-10-9-16-7-5-6-8-17(16)12-22/h5-8,11,14H,3-4,9-10,12-13,15H2,1-2H3/p+1. The van der Waals surface area contributed by atoms with Gasteiger partial charge < -0.3 is 19.0 Å². The van der Waals surface area contributed by atoms with Crippen LogP contribution in [-0.4, -0.2) is 37.0 Å². The zero-order valence-corrected chi connectivity index (χ0v) is 16.0. The van der Waals surface area contributed by atoms with Gasteiger partial charge in [-0.15, -0.1) is 0 Å². The maximum absolute atomic E-state index is 12.3. The molecule has 2 aromatic rings. The van der Waals surface area contributed by atoms with E-state index in [0.29, 0.717) is 25.4 Å². The molecule has 1 N–H and O–H groups in total. The molecule has 144 valence electrons. The smallest absolute Gasteiger partial charge is 0.260 e. The highest BCUT2D eigenvalue weighted by Gasteiger charge is 2.20. The lowest BCUT2D eigenvalue weighted by Crippen LogP contribution is -3.10. The molecule has 3 rings (SSSR count). The Kier molecular flexibility index (Phi) is 6.29. The highest BCUT2D eigenvalue weighted by atomic mass is 16.5. The summed E-state index contributed by atoms with van der Waals surface area (Å²) in [6, 6.07) is 9.96. The van der Waals surface area contributed by atoms with E-state index in [0.717, 1.165) is 19.5 Å². The van der Waals surface area contributed by atoms with Gasteiger partial charge in [0.15, 0.2) is 12.4 Å². The second-order valence-corrected chi connectivity index (χ2v) is 6.80. The number of nitrogens with one attached hydrogen (secondary N) is 1. The fourth-order valence-corrected chi connectivity index (χ4v) is 3.48. The van der Waals surface area contributed by atoms with Gasteiger partial charge in [-0.25, -0.2) is 0 Å². The molecule has 1 aromatic heterocycles. The summed E-state index contributed by atoms with van der Waals surface area (Å²) in [5, 5.41) is 0. The fraction of sp³-hybridized carbons (Fsp3) is 0.429. The van der Waals surface area contributed by atoms with Crippen LogP contribution in [0.25, 0.3) is 0 Å². The number of nitrogens with zero attached hydrogens (tertiary/aromatic N) is 1. The topological polar surface area (TPSA) is 64.2 Å². The van der Waals surface area contributed by atoms with Crippen molar-refractivity contribution in [2.75, 3.05) is 26.2 Å². The molecule has 0 bridgehead atoms. The molecule has 0 saturated carbocycles. The molecule has 1 atom stereocenters. The zero-order valence-electron chi connectivity index (χ0n) is 16.0. The Balaban J connectivity index is 1.59. The maximum Gasteiger partial charge on any atom is 0.260 e. The zero-order chi connectivity index (χ0) is 19.2. The van der Waals surface area contributed by atoms with E-state index in [-0.39, 0.29) is 23.7 Å². The lowest BCUT2D eigenvalue weighted by molar-refractivity contribution is -0.930. The summed E-state index contributed by atoms with van der Waals surface area (Å²) < 4.78 is 11.0. The Morgan fingerprint density at radius 3 is 2.67 bits per heavy atom. The minimum absolute atomic E-state index is 0.0817. The van der Waals surface area contributed by atoms with Crippen molar-refractivity contribution in [3.63, 3.8) is 0 Å². The SMILES string of the molecule is CCN(CC)C(=O)COc1coc(C[NH+]2CCc3ccccc3C2)cc1=O. The van der Waals surface area contributed by atoms with Crippen LogP contribution < -0.4 is 15.1 Å². The number of quaternary nitrogens is 1. The Morgan fingerprint density at radius 1 is 1.22 bits per heavy atom. The Bertz CT molecular complexity index is 842. The molecule has 6 heteroatoms. The van der Waals surface area contributed by atoms with E-state index in [1.165, 1.54) is 28.4 Å². The van der Waals surface area contributed by atoms with Crippen molar-refractivity contribution in [2.45, 2.75) is 33.4 Å². The van der Waals surface area contributed by atoms with Crippen LogP contribution in [-0.2, 0) is 24.3 Å². The highest BCUT2D eigenvalue weighted by Crippen LogP contribution is 2.11. The highest BCUT2D eigenvalue weighted by molar-refractivity contribution is 5.77. The molecule has 0 spiro atoms. The van der Waals surface area contributed by atoms with Crippen molar-refractivity contribution >= 4 is 5.91 Å². The molecule has 0 saturated heterocycles. The summed E-state index contributed by atoms with van der Waals surface area (Å²) in [5.74, 6) is 0.579. The third-order valence-electron chi connectivity index (χ3n) is 5.05. The largest absolute Gasteiger partial charge is 0.477 e. The van der Waals surface area contributed by atoms with Crippen LogP contribution in [0.15, 0.2) is 45.8 Å². The quantitative estimate of drug-likeness (QED) is 0.790. The van der Waals surface area contributed by atoms with E-state index >= 15 is 0 Å². The van der Waals surface area contributed by atoms with Crippen LogP contribution in [0.4, 0.5) is 0 Å². The molecular weight excluding hydrogens is 344 g/mol. The van der Waals surface area contributed by atoms with E-state index in [9.17, 15) is 9.59 Å². The van der Waals surface area contributed by atoms with Gasteiger partial charge >= 0.3 is 0 Å². The van der Waals surface area contributed by atoms with Gasteiger partial charge in [0.25, 0.3) is 5.91 Å². The number of hydrogen-bond acceptors (Lipinski definition) is 4. The van der Waals surface area contributed by atoms with Gasteiger partial charge in [-0.3, -0.25) is 9.59 Å². The molecule has 2 heterocycles. The number of fused-ring (bicyclic) bond motifs is 1. The van der Waals surface area contributed by atoms with Crippen molar-refractivity contribution in [1.29, 1.82) is 0 Å². The molecule has 1 aromatic carbocycles. The third kappa shape index (κ3) is 4.77. The van der Waals surface area contributed by atoms with Crippen LogP contribution in [0, 0.1) is 0 Å². The van der Waals surface area contributed by atoms with Gasteiger partial charge in [-0.1, -0.05) is 24.3 Å². The van der Waals surface area contributed by atoms with Crippen molar-refractivity contribution in [2.24, 2.45) is 0 Å². The van der Waals surface area contributed by atoms with Crippen molar-refractivity contribution in [1.82, 2.24) is 4.90 Å². The fourth-order valence-electron chi connectivity index (χ4n) is 3.48. The van der Waals surface area contributed by atoms with Gasteiger partial charge in [-0.2, -0.15) is 0 Å². The summed E-state index contributed by atoms with van der Waals surface area (Å²) in [7, 11) is 0. The second kappa shape index (κ2) is 8.86. The first-order valence-corrected chi connectivity index (χ1v) is 9.53. The van der Waals surface area contributed by atoms with Crippen molar-refractivity contribution < 1.29 is 18.8 Å². The van der Waals surface area contributed by atoms with Crippen LogP contribution in [0.2, 0.25) is 0 Å². The first kappa shape index (κ1) is 19.2. The number of amides is 1. The predicted molar refractivity (Wildman–Crippen MR) is 102 cm³/mol. The number of ether oxygens (including phenoxy) is 1. The van der Waals surface area contributed by atoms with Gasteiger partial charge in [0.1, 0.15) is 19.4 Å². The lowest BCUT2D eigenvalue weighted by atomic mass is 10.00. The molecule has 1 unspecified atom stereocenters. The summed E-state index contributed by atoms with van der Waals surface area (Å²) in [6.07, 6.45) is 2.36. The number of carbonyl (C=O) groups excluding carboxylic acids is 1. The molecule has 1 aliphatic rings. The second-order valence-electron chi connectivity index (χ2n) is 6.80. The van der Waals surface area contributed by atoms with E-state index in [1.807, 2.05) is 13.8 Å². The summed E-state index contributed by atoms with van der Waals surface area (Å²) in [6.45, 7) is 7.50. The molecular formula is C21H27N2O4+. The first-order valence-electron chi connectivity index (χ1n) is 9.53. The van der Waals surface area contributed by atoms with E-state index in [2.05, 4.69) is 24.3 Å². The molecule has 6 nitrogen and oxygen atoms in total. The molecule has 27 heavy (non-hydrogen) atoms. The minimum Gasteiger partial charge on any atom is -0.477 e. The summed E-state index contributed by atoms with van der Waals surface area (Å²) in [5.41, 5.74) is 2.51. The summed E-state index contributed by atoms with van der Waals surface area (Å²) >= 11 is 0. The minimum atomic E-state index is -0.250. The molecule has 0 fully saturated rings. The average Bonchev–Trinajstić information content (AvgIpc) is 2.68. The van der Waals surface area contributed by atoms with E-state index in [4.69, 9.17) is 9.15 Å². The molecule has 0 aliphatic carbocycles. The Morgan fingerprint density at radius 2 is 1.96 bits per heavy atom. The Labute approximate surface area is 159 Å². The molecule has 0 radical (unpaired) electrons. The van der Waals surface area contributed by atoms with Crippen LogP contribution >= 0.6 is 0 Å². The van der Waals surface area contributed by atoms with E-state index in [1.54, 1.807) is 4.90 Å². The third-order valence-corrected chi connectivity index (χ3v) is 5.05. The number of likely N-dealkylation sites (N-methyl/N-ethyl adjacent to an activating group) is 1. The first-order chi connectivity index (χ1) is 13.1. The maximum atomic E-state index is 12.3. The van der Waals surface area contributed by atoms with Gasteiger partial charge in [0.2, 0.25) is 11.2 Å². The number of carbonyl (C=O) groups is 1. The molecule has 1 amide bonds. The van der Waals surface area contributed by atoms with Crippen LogP contribution in [0.1, 0.15) is 30.7 Å². The molecule has 1 aliphatic heterocycles. The van der Waals surface area contributed by atoms with Crippen LogP contribution in [0.3, 0.4) is 0 Å². The van der Waals surface area contributed by atoms with E-state index < -0.39 is 0 Å². The normalized spacial score (nSPS) is 15.9. The van der Waals surface area contributed by atoms with Crippen molar-refractivity contribution in [3.05, 3.63) is 63.7 Å². The van der Waals surface area contributed by atoms with Gasteiger partial charge in [-0.05, 0) is 19.4 Å². The number of rotatable bonds is 7. The average molecular weight is 371 g/mol. The Hall–Kier alpha value is -2.60. The lowest BCUT2D eigenvalue weighted by Gasteiger charge is -2.25. The predicted octanol–water partition coefficient (Wildman–Crippen LogP) is 1.03. The van der Waals surface area contributed by atoms with Crippen LogP contribution in [0.5, 0.6) is 5.75 Å². The van der Waals surface area contributed by atoms with Gasteiger partial charge in [0, 0.05) is 31.1 Å². The number of hydrogen-bond donors (Lipinski definition) is 1. The monoisotopic (exact) mass is 371 g/mol. The van der Waals surface area contributed by atoms with Crippen molar-refractivity contribution in [3.8, 4) is 5.75 Å². The summed E-state index contributed by atoms with van der Waals surface area (Å²) in [4.78, 5) is 27.3. The van der Waals surface area contributed by atoms with Gasteiger partial charge in [0.05, 0.1) is 6.54 Å². The number of benzene rings is 1.